The van der Waals surface area contributed by atoms with Gasteiger partial charge in [0.2, 0.25) is 10.0 Å². The Hall–Kier alpha value is -0.990. The van der Waals surface area contributed by atoms with Crippen LogP contribution >= 0.6 is 0 Å². The van der Waals surface area contributed by atoms with Gasteiger partial charge in [0.1, 0.15) is 10.7 Å². The summed E-state index contributed by atoms with van der Waals surface area (Å²) in [6, 6.07) is 3.21. The van der Waals surface area contributed by atoms with E-state index in [0.717, 1.165) is 6.07 Å². The van der Waals surface area contributed by atoms with Crippen molar-refractivity contribution in [3.8, 4) is 0 Å². The molecule has 0 radical (unpaired) electrons. The molecule has 0 spiro atoms. The van der Waals surface area contributed by atoms with Gasteiger partial charge in [-0.25, -0.2) is 17.5 Å². The van der Waals surface area contributed by atoms with Gasteiger partial charge in [0, 0.05) is 28.9 Å². The van der Waals surface area contributed by atoms with Gasteiger partial charge < -0.3 is 5.73 Å². The summed E-state index contributed by atoms with van der Waals surface area (Å²) in [7, 11) is -4.86. The molecule has 0 saturated heterocycles. The summed E-state index contributed by atoms with van der Waals surface area (Å²) in [6.07, 6.45) is 1.98. The monoisotopic (exact) mass is 308 g/mol. The van der Waals surface area contributed by atoms with Crippen molar-refractivity contribution in [3.63, 3.8) is 0 Å². The van der Waals surface area contributed by atoms with Gasteiger partial charge in [-0.3, -0.25) is 4.21 Å². The average Bonchev–Trinajstić information content (AvgIpc) is 2.29. The fourth-order valence-electron chi connectivity index (χ4n) is 1.48. The average molecular weight is 308 g/mol. The van der Waals surface area contributed by atoms with Crippen LogP contribution in [0.3, 0.4) is 0 Å². The van der Waals surface area contributed by atoms with Crippen LogP contribution in [-0.4, -0.2) is 30.7 Å². The molecular weight excluding hydrogens is 291 g/mol. The quantitative estimate of drug-likeness (QED) is 0.762. The third-order valence-corrected chi connectivity index (χ3v) is 4.96. The molecule has 1 aromatic carbocycles. The largest absolute Gasteiger partial charge is 0.395 e. The minimum Gasteiger partial charge on any atom is -0.395 e. The number of nitrogens with one attached hydrogen (secondary N) is 1. The summed E-state index contributed by atoms with van der Waals surface area (Å²) in [5.74, 6) is -0.382. The number of nitrogen functional groups attached to an aromatic ring is 1. The first-order valence-electron chi connectivity index (χ1n) is 5.60. The van der Waals surface area contributed by atoms with E-state index in [4.69, 9.17) is 5.73 Å². The van der Waals surface area contributed by atoms with E-state index in [1.54, 1.807) is 13.2 Å². The lowest BCUT2D eigenvalue weighted by molar-refractivity contribution is 0.554. The first-order chi connectivity index (χ1) is 8.74. The van der Waals surface area contributed by atoms with Gasteiger partial charge in [0.25, 0.3) is 0 Å². The number of para-hydroxylation sites is 1. The van der Waals surface area contributed by atoms with E-state index >= 15 is 0 Å². The van der Waals surface area contributed by atoms with Crippen LogP contribution in [-0.2, 0) is 20.8 Å². The molecule has 0 bridgehead atoms. The highest BCUT2D eigenvalue weighted by atomic mass is 32.2. The molecule has 3 N–H and O–H groups in total. The van der Waals surface area contributed by atoms with E-state index < -0.39 is 38.4 Å². The molecule has 5 nitrogen and oxygen atoms in total. The van der Waals surface area contributed by atoms with E-state index in [1.807, 2.05) is 0 Å². The standard InChI is InChI=1S/C11H17FN2O3S2/c1-8(6-7-18(2)15)14-19(16,17)10-5-3-4-9(12)11(10)13/h3-5,8,14H,6-7,13H2,1-2H3. The molecule has 0 aliphatic heterocycles. The predicted molar refractivity (Wildman–Crippen MR) is 74.1 cm³/mol. The molecule has 1 aromatic rings. The van der Waals surface area contributed by atoms with Gasteiger partial charge in [-0.05, 0) is 25.5 Å². The van der Waals surface area contributed by atoms with Crippen LogP contribution in [0.2, 0.25) is 0 Å². The number of nitrogens with two attached hydrogens (primary N) is 1. The number of sulfonamides is 1. The number of rotatable bonds is 6. The number of halogens is 1. The Balaban J connectivity index is 2.87. The van der Waals surface area contributed by atoms with Crippen molar-refractivity contribution in [2.24, 2.45) is 0 Å². The van der Waals surface area contributed by atoms with Crippen molar-refractivity contribution in [1.29, 1.82) is 0 Å². The highest BCUT2D eigenvalue weighted by Gasteiger charge is 2.21. The van der Waals surface area contributed by atoms with Gasteiger partial charge in [0.05, 0.1) is 5.69 Å². The zero-order chi connectivity index (χ0) is 14.6. The zero-order valence-electron chi connectivity index (χ0n) is 10.7. The van der Waals surface area contributed by atoms with Crippen molar-refractivity contribution in [3.05, 3.63) is 24.0 Å². The molecule has 2 atom stereocenters. The van der Waals surface area contributed by atoms with Gasteiger partial charge in [-0.2, -0.15) is 0 Å². The summed E-state index contributed by atoms with van der Waals surface area (Å²) >= 11 is 0. The van der Waals surface area contributed by atoms with E-state index in [2.05, 4.69) is 4.72 Å². The molecule has 0 aromatic heterocycles. The number of hydrogen-bond acceptors (Lipinski definition) is 4. The van der Waals surface area contributed by atoms with Gasteiger partial charge in [0.15, 0.2) is 0 Å². The van der Waals surface area contributed by atoms with Crippen LogP contribution in [0.5, 0.6) is 0 Å². The third-order valence-electron chi connectivity index (χ3n) is 2.50. The number of anilines is 1. The topological polar surface area (TPSA) is 89.3 Å². The van der Waals surface area contributed by atoms with Crippen molar-refractivity contribution >= 4 is 26.5 Å². The summed E-state index contributed by atoms with van der Waals surface area (Å²) in [5, 5.41) is 0. The number of benzene rings is 1. The molecular formula is C11H17FN2O3S2. The second-order valence-electron chi connectivity index (χ2n) is 4.24. The third kappa shape index (κ3) is 4.55. The number of hydrogen-bond donors (Lipinski definition) is 2. The second-order valence-corrected chi connectivity index (χ2v) is 7.48. The smallest absolute Gasteiger partial charge is 0.242 e. The molecule has 0 aliphatic rings. The Morgan fingerprint density at radius 2 is 2.11 bits per heavy atom. The van der Waals surface area contributed by atoms with Crippen molar-refractivity contribution in [1.82, 2.24) is 4.72 Å². The molecule has 8 heteroatoms. The summed E-state index contributed by atoms with van der Waals surface area (Å²) in [5.41, 5.74) is 5.02. The normalized spacial score (nSPS) is 15.1. The van der Waals surface area contributed by atoms with Crippen molar-refractivity contribution < 1.29 is 17.0 Å². The fraction of sp³-hybridized carbons (Fsp3) is 0.455. The van der Waals surface area contributed by atoms with Gasteiger partial charge >= 0.3 is 0 Å². The Morgan fingerprint density at radius 1 is 1.47 bits per heavy atom. The van der Waals surface area contributed by atoms with Crippen LogP contribution in [0.25, 0.3) is 0 Å². The highest BCUT2D eigenvalue weighted by molar-refractivity contribution is 7.89. The lowest BCUT2D eigenvalue weighted by Gasteiger charge is -2.14. The molecule has 0 amide bonds. The van der Waals surface area contributed by atoms with Gasteiger partial charge in [-0.15, -0.1) is 0 Å². The first-order valence-corrected chi connectivity index (χ1v) is 8.81. The molecule has 108 valence electrons. The maximum atomic E-state index is 13.2. The SMILES string of the molecule is CC(CCS(C)=O)NS(=O)(=O)c1cccc(F)c1N. The highest BCUT2D eigenvalue weighted by Crippen LogP contribution is 2.21. The lowest BCUT2D eigenvalue weighted by Crippen LogP contribution is -2.34. The van der Waals surface area contributed by atoms with Gasteiger partial charge in [-0.1, -0.05) is 6.07 Å². The Labute approximate surface area is 114 Å². The Morgan fingerprint density at radius 3 is 2.68 bits per heavy atom. The van der Waals surface area contributed by atoms with Crippen LogP contribution in [0, 0.1) is 5.82 Å². The molecule has 19 heavy (non-hydrogen) atoms. The summed E-state index contributed by atoms with van der Waals surface area (Å²) in [6.45, 7) is 1.65. The lowest BCUT2D eigenvalue weighted by atomic mass is 10.3. The first kappa shape index (κ1) is 16.1. The molecule has 0 fully saturated rings. The molecule has 0 saturated carbocycles. The second kappa shape index (κ2) is 6.44. The van der Waals surface area contributed by atoms with E-state index in [0.29, 0.717) is 12.2 Å². The minimum absolute atomic E-state index is 0.281. The molecule has 0 aliphatic carbocycles. The van der Waals surface area contributed by atoms with E-state index in [9.17, 15) is 17.0 Å². The zero-order valence-corrected chi connectivity index (χ0v) is 12.4. The van der Waals surface area contributed by atoms with Crippen molar-refractivity contribution in [2.75, 3.05) is 17.7 Å². The van der Waals surface area contributed by atoms with Crippen LogP contribution in [0.4, 0.5) is 10.1 Å². The molecule has 2 unspecified atom stereocenters. The predicted octanol–water partition coefficient (Wildman–Crippen LogP) is 0.843. The fourth-order valence-corrected chi connectivity index (χ4v) is 3.59. The minimum atomic E-state index is -3.87. The molecule has 0 heterocycles. The Bertz CT molecular complexity index is 575. The maximum absolute atomic E-state index is 13.2. The summed E-state index contributed by atoms with van der Waals surface area (Å²) in [4.78, 5) is -0.281. The molecule has 1 rings (SSSR count). The van der Waals surface area contributed by atoms with Crippen LogP contribution in [0.15, 0.2) is 23.1 Å². The van der Waals surface area contributed by atoms with Crippen LogP contribution < -0.4 is 10.5 Å². The van der Waals surface area contributed by atoms with E-state index in [1.165, 1.54) is 12.1 Å². The van der Waals surface area contributed by atoms with E-state index in [-0.39, 0.29) is 4.90 Å². The van der Waals surface area contributed by atoms with Crippen LogP contribution in [0.1, 0.15) is 13.3 Å². The summed E-state index contributed by atoms with van der Waals surface area (Å²) < 4.78 is 50.6. The Kier molecular flexibility index (Phi) is 5.45. The maximum Gasteiger partial charge on any atom is 0.242 e. The van der Waals surface area contributed by atoms with Crippen molar-refractivity contribution in [2.45, 2.75) is 24.3 Å².